The van der Waals surface area contributed by atoms with Crippen molar-refractivity contribution in [2.75, 3.05) is 17.7 Å². The third-order valence-corrected chi connectivity index (χ3v) is 5.69. The number of aliphatic carboxylic acids is 1. The van der Waals surface area contributed by atoms with Gasteiger partial charge in [0.2, 0.25) is 5.91 Å². The molecule has 0 saturated heterocycles. The fourth-order valence-electron chi connectivity index (χ4n) is 4.31. The molecular weight excluding hydrogens is 386 g/mol. The molecule has 8 heteroatoms. The van der Waals surface area contributed by atoms with Crippen molar-refractivity contribution in [3.8, 4) is 5.75 Å². The molecule has 0 radical (unpaired) electrons. The van der Waals surface area contributed by atoms with E-state index < -0.39 is 17.8 Å². The zero-order valence-corrected chi connectivity index (χ0v) is 16.2. The molecule has 1 saturated carbocycles. The van der Waals surface area contributed by atoms with E-state index in [0.717, 1.165) is 0 Å². The van der Waals surface area contributed by atoms with Crippen LogP contribution in [-0.4, -0.2) is 35.0 Å². The number of allylic oxidation sites excluding steroid dienone is 2. The van der Waals surface area contributed by atoms with Crippen molar-refractivity contribution in [1.82, 2.24) is 4.98 Å². The van der Waals surface area contributed by atoms with Gasteiger partial charge in [-0.15, -0.1) is 0 Å². The van der Waals surface area contributed by atoms with Gasteiger partial charge in [-0.05, 0) is 42.5 Å². The third kappa shape index (κ3) is 3.63. The maximum atomic E-state index is 12.8. The smallest absolute Gasteiger partial charge is 0.307 e. The Labute approximate surface area is 173 Å². The molecule has 0 unspecified atom stereocenters. The van der Waals surface area contributed by atoms with Gasteiger partial charge in [0, 0.05) is 24.1 Å². The molecule has 1 fully saturated rings. The molecule has 2 bridgehead atoms. The largest absolute Gasteiger partial charge is 0.494 e. The average Bonchev–Trinajstić information content (AvgIpc) is 3.37. The number of pyridine rings is 1. The van der Waals surface area contributed by atoms with Crippen molar-refractivity contribution in [3.05, 3.63) is 60.4 Å². The average molecular weight is 407 g/mol. The second-order valence-electron chi connectivity index (χ2n) is 7.44. The van der Waals surface area contributed by atoms with Gasteiger partial charge in [-0.3, -0.25) is 19.4 Å². The number of hydrogen-bond donors (Lipinski definition) is 3. The van der Waals surface area contributed by atoms with E-state index in [-0.39, 0.29) is 23.7 Å². The first-order chi connectivity index (χ1) is 14.5. The van der Waals surface area contributed by atoms with E-state index in [4.69, 9.17) is 4.74 Å². The number of hydrogen-bond acceptors (Lipinski definition) is 5. The number of nitrogens with one attached hydrogen (secondary N) is 2. The van der Waals surface area contributed by atoms with Crippen LogP contribution in [-0.2, 0) is 9.59 Å². The molecule has 0 aliphatic heterocycles. The zero-order valence-electron chi connectivity index (χ0n) is 16.2. The van der Waals surface area contributed by atoms with Gasteiger partial charge in [0.15, 0.2) is 0 Å². The van der Waals surface area contributed by atoms with Crippen molar-refractivity contribution in [2.24, 2.45) is 23.7 Å². The van der Waals surface area contributed by atoms with Gasteiger partial charge >= 0.3 is 5.97 Å². The Bertz CT molecular complexity index is 1020. The lowest BCUT2D eigenvalue weighted by molar-refractivity contribution is -0.146. The normalized spacial score (nSPS) is 23.8. The summed E-state index contributed by atoms with van der Waals surface area (Å²) in [6.45, 7) is 0. The summed E-state index contributed by atoms with van der Waals surface area (Å²) in [5.74, 6) is -2.71. The van der Waals surface area contributed by atoms with Crippen LogP contribution in [0.3, 0.4) is 0 Å². The minimum Gasteiger partial charge on any atom is -0.494 e. The Hall–Kier alpha value is -3.68. The standard InChI is InChI=1S/C22H21N3O5/c1-30-17-10-15(6-7-16(17)25-20(26)14-3-2-8-23-11-14)24-21(27)18-12-4-5-13(9-12)19(18)22(28)29/h2-8,10-13,18-19H,9H2,1H3,(H,24,27)(H,25,26)(H,28,29)/t12-,13-,18-,19+/m0/s1. The summed E-state index contributed by atoms with van der Waals surface area (Å²) in [5.41, 5.74) is 1.31. The number of fused-ring (bicyclic) bond motifs is 2. The van der Waals surface area contributed by atoms with Crippen LogP contribution in [0, 0.1) is 23.7 Å². The lowest BCUT2D eigenvalue weighted by Crippen LogP contribution is -2.36. The zero-order chi connectivity index (χ0) is 21.3. The Morgan fingerprint density at radius 2 is 1.87 bits per heavy atom. The second-order valence-corrected chi connectivity index (χ2v) is 7.44. The summed E-state index contributed by atoms with van der Waals surface area (Å²) in [7, 11) is 1.46. The van der Waals surface area contributed by atoms with Crippen LogP contribution >= 0.6 is 0 Å². The van der Waals surface area contributed by atoms with Crippen LogP contribution < -0.4 is 15.4 Å². The number of carbonyl (C=O) groups excluding carboxylic acids is 2. The number of methoxy groups -OCH3 is 1. The molecule has 2 amide bonds. The SMILES string of the molecule is COc1cc(NC(=O)[C@@H]2[C@H](C(=O)O)[C@H]3C=C[C@H]2C3)ccc1NC(=O)c1cccnc1. The number of nitrogens with zero attached hydrogens (tertiary/aromatic N) is 1. The lowest BCUT2D eigenvalue weighted by Gasteiger charge is -2.24. The number of anilines is 2. The number of amides is 2. The minimum atomic E-state index is -0.946. The van der Waals surface area contributed by atoms with Crippen molar-refractivity contribution in [3.63, 3.8) is 0 Å². The summed E-state index contributed by atoms with van der Waals surface area (Å²) in [5, 5.41) is 15.1. The van der Waals surface area contributed by atoms with Gasteiger partial charge in [0.25, 0.3) is 5.91 Å². The molecular formula is C22H21N3O5. The molecule has 4 atom stereocenters. The monoisotopic (exact) mass is 407 g/mol. The molecule has 1 aromatic heterocycles. The van der Waals surface area contributed by atoms with Crippen molar-refractivity contribution >= 4 is 29.2 Å². The number of carbonyl (C=O) groups is 3. The van der Waals surface area contributed by atoms with E-state index in [9.17, 15) is 19.5 Å². The van der Waals surface area contributed by atoms with Gasteiger partial charge in [-0.2, -0.15) is 0 Å². The minimum absolute atomic E-state index is 0.0592. The lowest BCUT2D eigenvalue weighted by atomic mass is 9.82. The van der Waals surface area contributed by atoms with E-state index >= 15 is 0 Å². The first-order valence-corrected chi connectivity index (χ1v) is 9.59. The molecule has 0 spiro atoms. The van der Waals surface area contributed by atoms with Gasteiger partial charge < -0.3 is 20.5 Å². The Morgan fingerprint density at radius 1 is 1.10 bits per heavy atom. The summed E-state index contributed by atoms with van der Waals surface area (Å²) in [4.78, 5) is 40.8. The molecule has 4 rings (SSSR count). The second kappa shape index (κ2) is 7.98. The number of benzene rings is 1. The van der Waals surface area contributed by atoms with Crippen LogP contribution in [0.5, 0.6) is 5.75 Å². The Balaban J connectivity index is 1.49. The van der Waals surface area contributed by atoms with E-state index in [1.807, 2.05) is 12.2 Å². The van der Waals surface area contributed by atoms with Gasteiger partial charge in [0.1, 0.15) is 5.75 Å². The molecule has 2 aliphatic rings. The molecule has 154 valence electrons. The summed E-state index contributed by atoms with van der Waals surface area (Å²) < 4.78 is 5.35. The molecule has 3 N–H and O–H groups in total. The highest BCUT2D eigenvalue weighted by Gasteiger charge is 2.51. The van der Waals surface area contributed by atoms with Crippen LogP contribution in [0.15, 0.2) is 54.9 Å². The highest BCUT2D eigenvalue weighted by atomic mass is 16.5. The molecule has 30 heavy (non-hydrogen) atoms. The van der Waals surface area contributed by atoms with Crippen LogP contribution in [0.4, 0.5) is 11.4 Å². The van der Waals surface area contributed by atoms with Gasteiger partial charge in [0.05, 0.1) is 30.2 Å². The van der Waals surface area contributed by atoms with Crippen LogP contribution in [0.25, 0.3) is 0 Å². The fourth-order valence-corrected chi connectivity index (χ4v) is 4.31. The quantitative estimate of drug-likeness (QED) is 0.634. The van der Waals surface area contributed by atoms with E-state index in [2.05, 4.69) is 15.6 Å². The maximum absolute atomic E-state index is 12.8. The van der Waals surface area contributed by atoms with Crippen molar-refractivity contribution in [1.29, 1.82) is 0 Å². The summed E-state index contributed by atoms with van der Waals surface area (Å²) in [6.07, 6.45) is 7.56. The predicted molar refractivity (Wildman–Crippen MR) is 109 cm³/mol. The number of aromatic nitrogens is 1. The first-order valence-electron chi connectivity index (χ1n) is 9.59. The highest BCUT2D eigenvalue weighted by Crippen LogP contribution is 2.48. The van der Waals surface area contributed by atoms with E-state index in [0.29, 0.717) is 29.1 Å². The third-order valence-electron chi connectivity index (χ3n) is 5.69. The number of rotatable bonds is 6. The Morgan fingerprint density at radius 3 is 2.53 bits per heavy atom. The van der Waals surface area contributed by atoms with E-state index in [1.54, 1.807) is 36.5 Å². The molecule has 2 aromatic rings. The maximum Gasteiger partial charge on any atom is 0.307 e. The number of carboxylic acid groups (broad SMARTS) is 1. The van der Waals surface area contributed by atoms with Gasteiger partial charge in [-0.25, -0.2) is 0 Å². The topological polar surface area (TPSA) is 118 Å². The Kier molecular flexibility index (Phi) is 5.22. The first kappa shape index (κ1) is 19.6. The predicted octanol–water partition coefficient (Wildman–Crippen LogP) is 2.80. The number of carboxylic acids is 1. The number of ether oxygens (including phenoxy) is 1. The van der Waals surface area contributed by atoms with Crippen molar-refractivity contribution < 1.29 is 24.2 Å². The summed E-state index contributed by atoms with van der Waals surface area (Å²) in [6, 6.07) is 8.16. The van der Waals surface area contributed by atoms with Crippen LogP contribution in [0.1, 0.15) is 16.8 Å². The fraction of sp³-hybridized carbons (Fsp3) is 0.273. The van der Waals surface area contributed by atoms with E-state index in [1.165, 1.54) is 13.3 Å². The molecule has 2 aliphatic carbocycles. The van der Waals surface area contributed by atoms with Gasteiger partial charge in [-0.1, -0.05) is 12.2 Å². The van der Waals surface area contributed by atoms with Crippen molar-refractivity contribution in [2.45, 2.75) is 6.42 Å². The molecule has 8 nitrogen and oxygen atoms in total. The molecule has 1 aromatic carbocycles. The highest BCUT2D eigenvalue weighted by molar-refractivity contribution is 6.05. The summed E-state index contributed by atoms with van der Waals surface area (Å²) >= 11 is 0. The molecule has 1 heterocycles. The van der Waals surface area contributed by atoms with Crippen LogP contribution in [0.2, 0.25) is 0 Å².